The molecule has 0 aromatic carbocycles. The summed E-state index contributed by atoms with van der Waals surface area (Å²) in [5.74, 6) is 1.50. The fraction of sp³-hybridized carbons (Fsp3) is 0.667. The lowest BCUT2D eigenvalue weighted by molar-refractivity contribution is 0.240. The van der Waals surface area contributed by atoms with Crippen LogP contribution in [0.25, 0.3) is 0 Å². The van der Waals surface area contributed by atoms with E-state index in [0.29, 0.717) is 12.3 Å². The summed E-state index contributed by atoms with van der Waals surface area (Å²) in [6, 6.07) is 3.71. The van der Waals surface area contributed by atoms with Crippen molar-refractivity contribution in [2.24, 2.45) is 0 Å². The largest absolute Gasteiger partial charge is 0.462 e. The predicted molar refractivity (Wildman–Crippen MR) is 60.5 cm³/mol. The quantitative estimate of drug-likeness (QED) is 0.759. The molecule has 1 aromatic rings. The molecule has 0 spiro atoms. The van der Waals surface area contributed by atoms with Gasteiger partial charge in [0, 0.05) is 5.54 Å². The Hall–Kier alpha value is -0.800. The molecule has 0 unspecified atom stereocenters. The van der Waals surface area contributed by atoms with Crippen molar-refractivity contribution in [3.63, 3.8) is 0 Å². The average molecular weight is 211 g/mol. The van der Waals surface area contributed by atoms with Crippen molar-refractivity contribution in [3.8, 4) is 0 Å². The molecule has 0 saturated carbocycles. The number of hydrogen-bond acceptors (Lipinski definition) is 3. The monoisotopic (exact) mass is 211 g/mol. The van der Waals surface area contributed by atoms with Gasteiger partial charge in [0.15, 0.2) is 0 Å². The molecule has 2 N–H and O–H groups in total. The fourth-order valence-electron chi connectivity index (χ4n) is 1.64. The first-order valence-electron chi connectivity index (χ1n) is 5.51. The minimum absolute atomic E-state index is 0.0294. The number of nitrogens with one attached hydrogen (secondary N) is 1. The van der Waals surface area contributed by atoms with E-state index in [1.54, 1.807) is 0 Å². The van der Waals surface area contributed by atoms with Gasteiger partial charge in [-0.3, -0.25) is 0 Å². The summed E-state index contributed by atoms with van der Waals surface area (Å²) in [5.41, 5.74) is 0.140. The van der Waals surface area contributed by atoms with Gasteiger partial charge in [-0.25, -0.2) is 0 Å². The van der Waals surface area contributed by atoms with Gasteiger partial charge in [0.1, 0.15) is 18.1 Å². The van der Waals surface area contributed by atoms with Crippen LogP contribution < -0.4 is 5.32 Å². The number of hydrogen-bond donors (Lipinski definition) is 2. The third-order valence-corrected chi connectivity index (χ3v) is 2.49. The highest BCUT2D eigenvalue weighted by molar-refractivity contribution is 5.06. The highest BCUT2D eigenvalue weighted by atomic mass is 16.4. The van der Waals surface area contributed by atoms with Crippen LogP contribution in [0.3, 0.4) is 0 Å². The molecule has 0 fully saturated rings. The van der Waals surface area contributed by atoms with E-state index in [1.165, 1.54) is 6.42 Å². The summed E-state index contributed by atoms with van der Waals surface area (Å²) in [7, 11) is 0. The van der Waals surface area contributed by atoms with Gasteiger partial charge in [-0.15, -0.1) is 0 Å². The molecule has 0 amide bonds. The molecular weight excluding hydrogens is 190 g/mol. The van der Waals surface area contributed by atoms with Crippen molar-refractivity contribution in [2.45, 2.75) is 52.3 Å². The van der Waals surface area contributed by atoms with E-state index in [-0.39, 0.29) is 12.1 Å². The third kappa shape index (κ3) is 4.06. The van der Waals surface area contributed by atoms with E-state index in [0.717, 1.165) is 12.2 Å². The van der Waals surface area contributed by atoms with Crippen molar-refractivity contribution in [1.82, 2.24) is 5.32 Å². The second-order valence-electron chi connectivity index (χ2n) is 4.51. The van der Waals surface area contributed by atoms with E-state index >= 15 is 0 Å². The second-order valence-corrected chi connectivity index (χ2v) is 4.51. The van der Waals surface area contributed by atoms with E-state index < -0.39 is 0 Å². The molecule has 1 heterocycles. The zero-order valence-electron chi connectivity index (χ0n) is 9.84. The van der Waals surface area contributed by atoms with Crippen LogP contribution >= 0.6 is 0 Å². The maximum absolute atomic E-state index is 8.85. The number of furan rings is 1. The summed E-state index contributed by atoms with van der Waals surface area (Å²) in [6.45, 7) is 7.24. The van der Waals surface area contributed by atoms with Gasteiger partial charge >= 0.3 is 0 Å². The van der Waals surface area contributed by atoms with Crippen molar-refractivity contribution in [3.05, 3.63) is 23.7 Å². The lowest BCUT2D eigenvalue weighted by Crippen LogP contribution is -2.38. The normalized spacial score (nSPS) is 12.0. The maximum Gasteiger partial charge on any atom is 0.129 e. The Labute approximate surface area is 91.5 Å². The van der Waals surface area contributed by atoms with Gasteiger partial charge in [-0.2, -0.15) is 0 Å². The van der Waals surface area contributed by atoms with E-state index in [2.05, 4.69) is 26.1 Å². The molecule has 86 valence electrons. The first-order valence-corrected chi connectivity index (χ1v) is 5.51. The molecule has 3 nitrogen and oxygen atoms in total. The zero-order valence-corrected chi connectivity index (χ0v) is 9.84. The summed E-state index contributed by atoms with van der Waals surface area (Å²) in [4.78, 5) is 0. The van der Waals surface area contributed by atoms with Gasteiger partial charge in [0.2, 0.25) is 0 Å². The Balaban J connectivity index is 2.42. The molecule has 0 atom stereocenters. The Bertz CT molecular complexity index is 292. The molecule has 15 heavy (non-hydrogen) atoms. The topological polar surface area (TPSA) is 45.4 Å². The molecule has 1 aromatic heterocycles. The van der Waals surface area contributed by atoms with Crippen molar-refractivity contribution < 1.29 is 9.52 Å². The van der Waals surface area contributed by atoms with Gasteiger partial charge in [-0.05, 0) is 32.4 Å². The van der Waals surface area contributed by atoms with Crippen LogP contribution in [-0.4, -0.2) is 10.6 Å². The van der Waals surface area contributed by atoms with Crippen LogP contribution in [0.1, 0.15) is 45.1 Å². The summed E-state index contributed by atoms with van der Waals surface area (Å²) >= 11 is 0. The average Bonchev–Trinajstić information content (AvgIpc) is 2.62. The number of aliphatic hydroxyl groups is 1. The molecular formula is C12H21NO2. The zero-order chi connectivity index (χ0) is 11.3. The Morgan fingerprint density at radius 3 is 2.53 bits per heavy atom. The smallest absolute Gasteiger partial charge is 0.129 e. The van der Waals surface area contributed by atoms with Gasteiger partial charge in [0.25, 0.3) is 0 Å². The predicted octanol–water partition coefficient (Wildman–Crippen LogP) is 2.44. The SMILES string of the molecule is CCCC(C)(C)NCc1ccc(CO)o1. The standard InChI is InChI=1S/C12H21NO2/c1-4-7-12(2,3)13-8-10-5-6-11(9-14)15-10/h5-6,13-14H,4,7-9H2,1-3H3. The Kier molecular flexibility index (Phi) is 4.36. The minimum Gasteiger partial charge on any atom is -0.462 e. The van der Waals surface area contributed by atoms with Crippen LogP contribution in [-0.2, 0) is 13.2 Å². The molecule has 0 saturated heterocycles. The van der Waals surface area contributed by atoms with Crippen LogP contribution in [0.2, 0.25) is 0 Å². The van der Waals surface area contributed by atoms with E-state index in [4.69, 9.17) is 9.52 Å². The van der Waals surface area contributed by atoms with Crippen LogP contribution in [0, 0.1) is 0 Å². The van der Waals surface area contributed by atoms with E-state index in [9.17, 15) is 0 Å². The molecule has 0 radical (unpaired) electrons. The summed E-state index contributed by atoms with van der Waals surface area (Å²) < 4.78 is 5.39. The van der Waals surface area contributed by atoms with Gasteiger partial charge in [0.05, 0.1) is 6.54 Å². The minimum atomic E-state index is -0.0294. The molecule has 0 aliphatic carbocycles. The van der Waals surface area contributed by atoms with Crippen LogP contribution in [0.4, 0.5) is 0 Å². The van der Waals surface area contributed by atoms with Gasteiger partial charge < -0.3 is 14.8 Å². The number of rotatable bonds is 6. The first kappa shape index (κ1) is 12.3. The highest BCUT2D eigenvalue weighted by Crippen LogP contribution is 2.13. The van der Waals surface area contributed by atoms with Gasteiger partial charge in [-0.1, -0.05) is 13.3 Å². The third-order valence-electron chi connectivity index (χ3n) is 2.49. The maximum atomic E-state index is 8.85. The molecule has 1 rings (SSSR count). The molecule has 0 aliphatic rings. The lowest BCUT2D eigenvalue weighted by Gasteiger charge is -2.25. The van der Waals surface area contributed by atoms with Crippen LogP contribution in [0.5, 0.6) is 0 Å². The molecule has 0 aliphatic heterocycles. The van der Waals surface area contributed by atoms with Crippen molar-refractivity contribution >= 4 is 0 Å². The molecule has 0 bridgehead atoms. The fourth-order valence-corrected chi connectivity index (χ4v) is 1.64. The molecule has 3 heteroatoms. The second kappa shape index (κ2) is 5.33. The summed E-state index contributed by atoms with van der Waals surface area (Å²) in [6.07, 6.45) is 2.31. The van der Waals surface area contributed by atoms with Crippen LogP contribution in [0.15, 0.2) is 16.5 Å². The Morgan fingerprint density at radius 1 is 1.33 bits per heavy atom. The lowest BCUT2D eigenvalue weighted by atomic mass is 9.99. The highest BCUT2D eigenvalue weighted by Gasteiger charge is 2.15. The van der Waals surface area contributed by atoms with Crippen molar-refractivity contribution in [2.75, 3.05) is 0 Å². The Morgan fingerprint density at radius 2 is 2.00 bits per heavy atom. The van der Waals surface area contributed by atoms with E-state index in [1.807, 2.05) is 12.1 Å². The van der Waals surface area contributed by atoms with Crippen molar-refractivity contribution in [1.29, 1.82) is 0 Å². The number of aliphatic hydroxyl groups excluding tert-OH is 1. The summed E-state index contributed by atoms with van der Waals surface area (Å²) in [5, 5.41) is 12.3. The first-order chi connectivity index (χ1) is 7.07.